The van der Waals surface area contributed by atoms with Crippen LogP contribution in [0.25, 0.3) is 0 Å². The first-order chi connectivity index (χ1) is 7.22. The molecule has 1 heterocycles. The fourth-order valence-corrected chi connectivity index (χ4v) is 1.79. The predicted molar refractivity (Wildman–Crippen MR) is 56.6 cm³/mol. The lowest BCUT2D eigenvalue weighted by molar-refractivity contribution is 0.101. The summed E-state index contributed by atoms with van der Waals surface area (Å²) in [6, 6.07) is 3.71. The Morgan fingerprint density at radius 2 is 2.00 bits per heavy atom. The second kappa shape index (κ2) is 3.93. The summed E-state index contributed by atoms with van der Waals surface area (Å²) in [7, 11) is 0. The van der Waals surface area contributed by atoms with Gasteiger partial charge in [-0.3, -0.25) is 4.79 Å². The first-order valence-electron chi connectivity index (χ1n) is 5.16. The first kappa shape index (κ1) is 10.0. The smallest absolute Gasteiger partial charge is 0.231 e. The zero-order valence-corrected chi connectivity index (χ0v) is 9.00. The maximum atomic E-state index is 11.4. The number of carbonyl (C=O) groups excluding carboxylic acids is 1. The van der Waals surface area contributed by atoms with Gasteiger partial charge in [0.25, 0.3) is 0 Å². The van der Waals surface area contributed by atoms with Crippen LogP contribution < -0.4 is 9.47 Å². The van der Waals surface area contributed by atoms with Crippen LogP contribution in [0.2, 0.25) is 0 Å². The molecule has 1 aliphatic rings. The van der Waals surface area contributed by atoms with Gasteiger partial charge in [-0.2, -0.15) is 0 Å². The minimum atomic E-state index is 0.0803. The van der Waals surface area contributed by atoms with Gasteiger partial charge in [0.05, 0.1) is 0 Å². The van der Waals surface area contributed by atoms with Crippen LogP contribution in [0.4, 0.5) is 0 Å². The van der Waals surface area contributed by atoms with E-state index >= 15 is 0 Å². The van der Waals surface area contributed by atoms with Crippen molar-refractivity contribution in [1.82, 2.24) is 0 Å². The number of carbonyl (C=O) groups is 1. The largest absolute Gasteiger partial charge is 0.454 e. The Hall–Kier alpha value is -1.51. The molecule has 0 aliphatic carbocycles. The molecule has 0 atom stereocenters. The van der Waals surface area contributed by atoms with Gasteiger partial charge in [-0.15, -0.1) is 0 Å². The Labute approximate surface area is 89.0 Å². The van der Waals surface area contributed by atoms with E-state index in [-0.39, 0.29) is 12.6 Å². The van der Waals surface area contributed by atoms with Crippen LogP contribution >= 0.6 is 0 Å². The van der Waals surface area contributed by atoms with Gasteiger partial charge in [0.2, 0.25) is 6.79 Å². The number of Topliss-reactive ketones (excluding diaryl/α,β-unsaturated/α-hetero) is 1. The molecule has 0 radical (unpaired) electrons. The van der Waals surface area contributed by atoms with E-state index in [1.807, 2.05) is 6.07 Å². The van der Waals surface area contributed by atoms with E-state index in [0.29, 0.717) is 5.75 Å². The average Bonchev–Trinajstić information content (AvgIpc) is 2.63. The average molecular weight is 206 g/mol. The maximum Gasteiger partial charge on any atom is 0.231 e. The number of benzene rings is 1. The van der Waals surface area contributed by atoms with Crippen molar-refractivity contribution in [2.24, 2.45) is 0 Å². The third-order valence-corrected chi connectivity index (χ3v) is 2.50. The molecule has 0 amide bonds. The van der Waals surface area contributed by atoms with Gasteiger partial charge in [-0.05, 0) is 31.0 Å². The lowest BCUT2D eigenvalue weighted by atomic mass is 9.99. The molecule has 80 valence electrons. The number of ether oxygens (including phenoxy) is 2. The summed E-state index contributed by atoms with van der Waals surface area (Å²) >= 11 is 0. The van der Waals surface area contributed by atoms with Crippen molar-refractivity contribution in [1.29, 1.82) is 0 Å². The third-order valence-electron chi connectivity index (χ3n) is 2.50. The molecule has 0 bridgehead atoms. The van der Waals surface area contributed by atoms with E-state index < -0.39 is 0 Å². The molecular formula is C12H14O3. The molecule has 0 saturated carbocycles. The highest BCUT2D eigenvalue weighted by molar-refractivity contribution is 5.96. The van der Waals surface area contributed by atoms with E-state index in [1.54, 1.807) is 13.0 Å². The summed E-state index contributed by atoms with van der Waals surface area (Å²) in [5, 5.41) is 0. The molecule has 0 aromatic heterocycles. The summed E-state index contributed by atoms with van der Waals surface area (Å²) < 4.78 is 10.5. The van der Waals surface area contributed by atoms with Gasteiger partial charge >= 0.3 is 0 Å². The summed E-state index contributed by atoms with van der Waals surface area (Å²) in [6.07, 6.45) is 1.91. The van der Waals surface area contributed by atoms with Crippen molar-refractivity contribution < 1.29 is 14.3 Å². The summed E-state index contributed by atoms with van der Waals surface area (Å²) in [5.41, 5.74) is 1.80. The van der Waals surface area contributed by atoms with Gasteiger partial charge in [-0.25, -0.2) is 0 Å². The lowest BCUT2D eigenvalue weighted by Crippen LogP contribution is -1.99. The number of hydrogen-bond acceptors (Lipinski definition) is 3. The number of fused-ring (bicyclic) bond motifs is 1. The Morgan fingerprint density at radius 3 is 2.60 bits per heavy atom. The molecule has 0 fully saturated rings. The molecule has 3 heteroatoms. The van der Waals surface area contributed by atoms with Crippen LogP contribution in [0.1, 0.15) is 36.2 Å². The SMILES string of the molecule is CCCc1cc2c(cc1C(C)=O)OCO2. The molecule has 0 unspecified atom stereocenters. The van der Waals surface area contributed by atoms with E-state index in [9.17, 15) is 4.79 Å². The standard InChI is InChI=1S/C12H14O3/c1-3-4-9-5-11-12(15-7-14-11)6-10(9)8(2)13/h5-6H,3-4,7H2,1-2H3. The van der Waals surface area contributed by atoms with E-state index in [1.165, 1.54) is 0 Å². The van der Waals surface area contributed by atoms with Crippen molar-refractivity contribution in [2.45, 2.75) is 26.7 Å². The summed E-state index contributed by atoms with van der Waals surface area (Å²) in [6.45, 7) is 3.92. The fourth-order valence-electron chi connectivity index (χ4n) is 1.79. The quantitative estimate of drug-likeness (QED) is 0.713. The van der Waals surface area contributed by atoms with E-state index in [0.717, 1.165) is 29.7 Å². The molecule has 3 nitrogen and oxygen atoms in total. The van der Waals surface area contributed by atoms with Crippen molar-refractivity contribution in [3.05, 3.63) is 23.3 Å². The zero-order valence-electron chi connectivity index (χ0n) is 9.00. The third kappa shape index (κ3) is 1.82. The molecule has 0 N–H and O–H groups in total. The normalized spacial score (nSPS) is 12.9. The minimum absolute atomic E-state index is 0.0803. The highest BCUT2D eigenvalue weighted by Crippen LogP contribution is 2.35. The van der Waals surface area contributed by atoms with Crippen LogP contribution in [0, 0.1) is 0 Å². The van der Waals surface area contributed by atoms with Gasteiger partial charge < -0.3 is 9.47 Å². The molecule has 1 aliphatic heterocycles. The second-order valence-corrected chi connectivity index (χ2v) is 3.67. The zero-order chi connectivity index (χ0) is 10.8. The Bertz CT molecular complexity index is 396. The fraction of sp³-hybridized carbons (Fsp3) is 0.417. The number of ketones is 1. The number of aryl methyl sites for hydroxylation is 1. The van der Waals surface area contributed by atoms with Crippen molar-refractivity contribution in [2.75, 3.05) is 6.79 Å². The van der Waals surface area contributed by atoms with Gasteiger partial charge in [0.15, 0.2) is 17.3 Å². The van der Waals surface area contributed by atoms with Crippen LogP contribution in [0.15, 0.2) is 12.1 Å². The van der Waals surface area contributed by atoms with E-state index in [4.69, 9.17) is 9.47 Å². The maximum absolute atomic E-state index is 11.4. The molecule has 15 heavy (non-hydrogen) atoms. The monoisotopic (exact) mass is 206 g/mol. The number of hydrogen-bond donors (Lipinski definition) is 0. The van der Waals surface area contributed by atoms with Crippen molar-refractivity contribution >= 4 is 5.78 Å². The van der Waals surface area contributed by atoms with E-state index in [2.05, 4.69) is 6.92 Å². The molecule has 2 rings (SSSR count). The topological polar surface area (TPSA) is 35.5 Å². The van der Waals surface area contributed by atoms with Crippen molar-refractivity contribution in [3.63, 3.8) is 0 Å². The van der Waals surface area contributed by atoms with Crippen LogP contribution in [-0.4, -0.2) is 12.6 Å². The molecule has 1 aromatic carbocycles. The Balaban J connectivity index is 2.47. The molecule has 0 saturated heterocycles. The molecule has 0 spiro atoms. The second-order valence-electron chi connectivity index (χ2n) is 3.67. The van der Waals surface area contributed by atoms with Crippen LogP contribution in [0.3, 0.4) is 0 Å². The van der Waals surface area contributed by atoms with Gasteiger partial charge in [0, 0.05) is 5.56 Å². The van der Waals surface area contributed by atoms with Crippen molar-refractivity contribution in [3.8, 4) is 11.5 Å². The summed E-state index contributed by atoms with van der Waals surface area (Å²) in [5.74, 6) is 1.51. The Morgan fingerprint density at radius 1 is 1.33 bits per heavy atom. The predicted octanol–water partition coefficient (Wildman–Crippen LogP) is 2.57. The molecular weight excluding hydrogens is 192 g/mol. The van der Waals surface area contributed by atoms with Gasteiger partial charge in [-0.1, -0.05) is 13.3 Å². The first-order valence-corrected chi connectivity index (χ1v) is 5.16. The van der Waals surface area contributed by atoms with Gasteiger partial charge in [0.1, 0.15) is 0 Å². The van der Waals surface area contributed by atoms with Crippen LogP contribution in [0.5, 0.6) is 11.5 Å². The highest BCUT2D eigenvalue weighted by Gasteiger charge is 2.18. The summed E-state index contributed by atoms with van der Waals surface area (Å²) in [4.78, 5) is 11.4. The molecule has 1 aromatic rings. The Kier molecular flexibility index (Phi) is 2.62. The van der Waals surface area contributed by atoms with Crippen LogP contribution in [-0.2, 0) is 6.42 Å². The highest BCUT2D eigenvalue weighted by atomic mass is 16.7. The minimum Gasteiger partial charge on any atom is -0.454 e. The number of rotatable bonds is 3. The lowest BCUT2D eigenvalue weighted by Gasteiger charge is -2.07.